The molecule has 3 aromatic rings. The van der Waals surface area contributed by atoms with E-state index >= 15 is 0 Å². The van der Waals surface area contributed by atoms with E-state index in [-0.39, 0.29) is 12.4 Å². The molecule has 0 aliphatic carbocycles. The van der Waals surface area contributed by atoms with E-state index < -0.39 is 0 Å². The summed E-state index contributed by atoms with van der Waals surface area (Å²) < 4.78 is 17.9. The SMILES string of the molecule is CCOc1cc(CNCc2ccc(OC)cc2)cc(Br)c1OCc1ccc(Cl)cc1Cl.Cl. The summed E-state index contributed by atoms with van der Waals surface area (Å²) in [5.74, 6) is 2.18. The molecule has 0 aromatic heterocycles. The van der Waals surface area contributed by atoms with Gasteiger partial charge >= 0.3 is 0 Å². The minimum Gasteiger partial charge on any atom is -0.497 e. The van der Waals surface area contributed by atoms with Crippen LogP contribution in [0.2, 0.25) is 10.0 Å². The Labute approximate surface area is 213 Å². The normalized spacial score (nSPS) is 10.4. The number of hydrogen-bond donors (Lipinski definition) is 1. The van der Waals surface area contributed by atoms with E-state index in [0.29, 0.717) is 41.3 Å². The largest absolute Gasteiger partial charge is 0.497 e. The van der Waals surface area contributed by atoms with Crippen molar-refractivity contribution < 1.29 is 14.2 Å². The average Bonchev–Trinajstić information content (AvgIpc) is 2.75. The summed E-state index contributed by atoms with van der Waals surface area (Å²) in [6, 6.07) is 17.4. The molecule has 8 heteroatoms. The first-order valence-corrected chi connectivity index (χ1v) is 11.4. The molecule has 172 valence electrons. The summed E-state index contributed by atoms with van der Waals surface area (Å²) in [6.45, 7) is 4.23. The van der Waals surface area contributed by atoms with E-state index in [0.717, 1.165) is 27.9 Å². The molecule has 0 fully saturated rings. The van der Waals surface area contributed by atoms with Gasteiger partial charge in [-0.05, 0) is 70.4 Å². The van der Waals surface area contributed by atoms with Gasteiger partial charge in [0.1, 0.15) is 12.4 Å². The predicted molar refractivity (Wildman–Crippen MR) is 137 cm³/mol. The van der Waals surface area contributed by atoms with Crippen molar-refractivity contribution in [2.24, 2.45) is 0 Å². The first-order chi connectivity index (χ1) is 15.0. The Bertz CT molecular complexity index is 1020. The van der Waals surface area contributed by atoms with Crippen molar-refractivity contribution in [3.8, 4) is 17.2 Å². The molecule has 0 radical (unpaired) electrons. The maximum atomic E-state index is 6.26. The predicted octanol–water partition coefficient (Wildman–Crippen LogP) is 7.45. The van der Waals surface area contributed by atoms with Gasteiger partial charge in [0.25, 0.3) is 0 Å². The zero-order valence-corrected chi connectivity index (χ0v) is 21.7. The highest BCUT2D eigenvalue weighted by Gasteiger charge is 2.14. The molecular weight excluding hydrogens is 537 g/mol. The van der Waals surface area contributed by atoms with Crippen molar-refractivity contribution in [2.45, 2.75) is 26.6 Å². The Morgan fingerprint density at radius 2 is 1.62 bits per heavy atom. The molecule has 3 rings (SSSR count). The Morgan fingerprint density at radius 1 is 0.906 bits per heavy atom. The van der Waals surface area contributed by atoms with Crippen LogP contribution in [0.4, 0.5) is 0 Å². The molecule has 1 N–H and O–H groups in total. The molecule has 0 unspecified atom stereocenters. The molecule has 0 aliphatic rings. The van der Waals surface area contributed by atoms with E-state index in [1.165, 1.54) is 5.56 Å². The first-order valence-electron chi connectivity index (χ1n) is 9.85. The maximum Gasteiger partial charge on any atom is 0.175 e. The van der Waals surface area contributed by atoms with Crippen LogP contribution >= 0.6 is 51.5 Å². The van der Waals surface area contributed by atoms with Crippen molar-refractivity contribution in [1.29, 1.82) is 0 Å². The fraction of sp³-hybridized carbons (Fsp3) is 0.250. The minimum atomic E-state index is 0. The van der Waals surface area contributed by atoms with E-state index in [1.54, 1.807) is 19.2 Å². The number of hydrogen-bond acceptors (Lipinski definition) is 4. The zero-order valence-electron chi connectivity index (χ0n) is 17.8. The van der Waals surface area contributed by atoms with Gasteiger partial charge in [0.15, 0.2) is 11.5 Å². The van der Waals surface area contributed by atoms with Gasteiger partial charge in [-0.1, -0.05) is 41.4 Å². The fourth-order valence-corrected chi connectivity index (χ4v) is 4.08. The Morgan fingerprint density at radius 3 is 2.28 bits per heavy atom. The molecule has 3 aromatic carbocycles. The lowest BCUT2D eigenvalue weighted by Gasteiger charge is -2.16. The zero-order chi connectivity index (χ0) is 22.2. The van der Waals surface area contributed by atoms with Gasteiger partial charge < -0.3 is 19.5 Å². The van der Waals surface area contributed by atoms with Crippen LogP contribution in [0, 0.1) is 0 Å². The summed E-state index contributed by atoms with van der Waals surface area (Å²) in [7, 11) is 1.67. The standard InChI is InChI=1S/C24H24BrCl2NO3.ClH/c1-3-30-23-11-17(14-28-13-16-4-8-20(29-2)9-5-16)10-21(25)24(23)31-15-18-6-7-19(26)12-22(18)27;/h4-12,28H,3,13-15H2,1-2H3;1H. The van der Waals surface area contributed by atoms with Crippen molar-refractivity contribution in [3.63, 3.8) is 0 Å². The van der Waals surface area contributed by atoms with Gasteiger partial charge in [-0.15, -0.1) is 12.4 Å². The molecule has 4 nitrogen and oxygen atoms in total. The summed E-state index contributed by atoms with van der Waals surface area (Å²) in [5.41, 5.74) is 3.12. The number of benzene rings is 3. The van der Waals surface area contributed by atoms with Gasteiger partial charge in [0, 0.05) is 28.7 Å². The average molecular weight is 562 g/mol. The van der Waals surface area contributed by atoms with E-state index in [2.05, 4.69) is 21.2 Å². The van der Waals surface area contributed by atoms with Crippen LogP contribution in [0.5, 0.6) is 17.2 Å². The van der Waals surface area contributed by atoms with E-state index in [9.17, 15) is 0 Å². The Hall–Kier alpha value is -1.63. The van der Waals surface area contributed by atoms with Crippen molar-refractivity contribution in [1.82, 2.24) is 5.32 Å². The topological polar surface area (TPSA) is 39.7 Å². The monoisotopic (exact) mass is 559 g/mol. The van der Waals surface area contributed by atoms with Crippen LogP contribution in [0.1, 0.15) is 23.6 Å². The number of rotatable bonds is 10. The first kappa shape index (κ1) is 26.6. The second-order valence-corrected chi connectivity index (χ2v) is 8.51. The van der Waals surface area contributed by atoms with Crippen LogP contribution in [-0.4, -0.2) is 13.7 Å². The molecule has 0 bridgehead atoms. The molecule has 0 saturated heterocycles. The third-order valence-corrected chi connectivity index (χ3v) is 5.75. The fourth-order valence-electron chi connectivity index (χ4n) is 3.01. The van der Waals surface area contributed by atoms with Gasteiger partial charge in [0.2, 0.25) is 0 Å². The van der Waals surface area contributed by atoms with Gasteiger partial charge in [-0.3, -0.25) is 0 Å². The van der Waals surface area contributed by atoms with Gasteiger partial charge in [-0.2, -0.15) is 0 Å². The second-order valence-electron chi connectivity index (χ2n) is 6.81. The minimum absolute atomic E-state index is 0. The molecule has 0 heterocycles. The number of nitrogens with one attached hydrogen (secondary N) is 1. The molecule has 32 heavy (non-hydrogen) atoms. The number of methoxy groups -OCH3 is 1. The lowest BCUT2D eigenvalue weighted by atomic mass is 10.1. The van der Waals surface area contributed by atoms with Crippen LogP contribution in [-0.2, 0) is 19.7 Å². The Balaban J connectivity index is 0.00000363. The highest BCUT2D eigenvalue weighted by atomic mass is 79.9. The lowest BCUT2D eigenvalue weighted by molar-refractivity contribution is 0.267. The summed E-state index contributed by atoms with van der Waals surface area (Å²) in [4.78, 5) is 0. The lowest BCUT2D eigenvalue weighted by Crippen LogP contribution is -2.13. The van der Waals surface area contributed by atoms with Crippen molar-refractivity contribution >= 4 is 51.5 Å². The highest BCUT2D eigenvalue weighted by Crippen LogP contribution is 2.38. The number of ether oxygens (including phenoxy) is 3. The summed E-state index contributed by atoms with van der Waals surface area (Å²) in [5, 5.41) is 4.62. The van der Waals surface area contributed by atoms with Crippen LogP contribution < -0.4 is 19.5 Å². The third-order valence-electron chi connectivity index (χ3n) is 4.57. The van der Waals surface area contributed by atoms with Crippen molar-refractivity contribution in [3.05, 3.63) is 85.8 Å². The molecule has 0 spiro atoms. The molecule has 0 saturated carbocycles. The number of halogens is 4. The van der Waals surface area contributed by atoms with Gasteiger partial charge in [-0.25, -0.2) is 0 Å². The maximum absolute atomic E-state index is 6.26. The summed E-state index contributed by atoms with van der Waals surface area (Å²) >= 11 is 15.9. The van der Waals surface area contributed by atoms with Gasteiger partial charge in [0.05, 0.1) is 18.2 Å². The molecule has 0 aliphatic heterocycles. The molecular formula is C24H25BrCl3NO3. The highest BCUT2D eigenvalue weighted by molar-refractivity contribution is 9.10. The second kappa shape index (κ2) is 13.2. The molecule has 0 atom stereocenters. The third kappa shape index (κ3) is 7.46. The van der Waals surface area contributed by atoms with Crippen LogP contribution in [0.3, 0.4) is 0 Å². The quantitative estimate of drug-likeness (QED) is 0.279. The van der Waals surface area contributed by atoms with Crippen LogP contribution in [0.25, 0.3) is 0 Å². The van der Waals surface area contributed by atoms with E-state index in [1.807, 2.05) is 49.4 Å². The smallest absolute Gasteiger partial charge is 0.175 e. The van der Waals surface area contributed by atoms with E-state index in [4.69, 9.17) is 37.4 Å². The summed E-state index contributed by atoms with van der Waals surface area (Å²) in [6.07, 6.45) is 0. The van der Waals surface area contributed by atoms with Crippen LogP contribution in [0.15, 0.2) is 59.1 Å². The Kier molecular flexibility index (Phi) is 11.0. The van der Waals surface area contributed by atoms with Crippen molar-refractivity contribution in [2.75, 3.05) is 13.7 Å². The molecule has 0 amide bonds.